The standard InChI is InChI=1S/C11H16N4S/c1-8(2)15-6-9(3)14-11(15)13-5-10-4-12-7-16-10/h4,6-8H,5H2,1-3H3,(H,13,14). The lowest BCUT2D eigenvalue weighted by Gasteiger charge is -2.11. The fourth-order valence-electron chi connectivity index (χ4n) is 1.54. The van der Waals surface area contributed by atoms with Gasteiger partial charge in [-0.3, -0.25) is 4.98 Å². The summed E-state index contributed by atoms with van der Waals surface area (Å²) in [6.07, 6.45) is 3.95. The minimum atomic E-state index is 0.421. The van der Waals surface area contributed by atoms with E-state index in [1.54, 1.807) is 11.3 Å². The van der Waals surface area contributed by atoms with E-state index < -0.39 is 0 Å². The molecule has 1 N–H and O–H groups in total. The molecule has 5 heteroatoms. The lowest BCUT2D eigenvalue weighted by Crippen LogP contribution is -2.08. The first-order valence-electron chi connectivity index (χ1n) is 5.33. The van der Waals surface area contributed by atoms with E-state index in [2.05, 4.69) is 39.9 Å². The van der Waals surface area contributed by atoms with Gasteiger partial charge in [-0.25, -0.2) is 4.98 Å². The Labute approximate surface area is 99.4 Å². The van der Waals surface area contributed by atoms with Gasteiger partial charge in [-0.05, 0) is 20.8 Å². The Morgan fingerprint density at radius 1 is 1.50 bits per heavy atom. The van der Waals surface area contributed by atoms with Gasteiger partial charge < -0.3 is 9.88 Å². The number of hydrogen-bond donors (Lipinski definition) is 1. The molecular weight excluding hydrogens is 220 g/mol. The van der Waals surface area contributed by atoms with Gasteiger partial charge in [0.2, 0.25) is 5.95 Å². The van der Waals surface area contributed by atoms with Crippen molar-refractivity contribution in [3.8, 4) is 0 Å². The van der Waals surface area contributed by atoms with Crippen LogP contribution in [0, 0.1) is 6.92 Å². The van der Waals surface area contributed by atoms with E-state index in [-0.39, 0.29) is 0 Å². The first-order valence-corrected chi connectivity index (χ1v) is 6.21. The van der Waals surface area contributed by atoms with E-state index in [0.29, 0.717) is 6.04 Å². The molecule has 0 fully saturated rings. The summed E-state index contributed by atoms with van der Waals surface area (Å²) in [7, 11) is 0. The van der Waals surface area contributed by atoms with Gasteiger partial charge >= 0.3 is 0 Å². The van der Waals surface area contributed by atoms with Crippen molar-refractivity contribution in [2.24, 2.45) is 0 Å². The Kier molecular flexibility index (Phi) is 3.24. The second-order valence-electron chi connectivity index (χ2n) is 4.03. The summed E-state index contributed by atoms with van der Waals surface area (Å²) in [5.41, 5.74) is 2.89. The number of aryl methyl sites for hydroxylation is 1. The highest BCUT2D eigenvalue weighted by molar-refractivity contribution is 7.09. The van der Waals surface area contributed by atoms with Gasteiger partial charge in [-0.1, -0.05) is 0 Å². The minimum Gasteiger partial charge on any atom is -0.351 e. The smallest absolute Gasteiger partial charge is 0.203 e. The average Bonchev–Trinajstić information content (AvgIpc) is 2.83. The number of rotatable bonds is 4. The van der Waals surface area contributed by atoms with Crippen molar-refractivity contribution in [1.29, 1.82) is 0 Å². The van der Waals surface area contributed by atoms with E-state index in [0.717, 1.165) is 18.2 Å². The number of aromatic nitrogens is 3. The number of nitrogens with one attached hydrogen (secondary N) is 1. The van der Waals surface area contributed by atoms with Crippen molar-refractivity contribution in [1.82, 2.24) is 14.5 Å². The van der Waals surface area contributed by atoms with Crippen molar-refractivity contribution < 1.29 is 0 Å². The lowest BCUT2D eigenvalue weighted by atomic mass is 10.4. The number of anilines is 1. The van der Waals surface area contributed by atoms with Gasteiger partial charge in [0.1, 0.15) is 0 Å². The third-order valence-corrected chi connectivity index (χ3v) is 3.09. The first-order chi connectivity index (χ1) is 7.66. The second-order valence-corrected chi connectivity index (χ2v) is 5.00. The largest absolute Gasteiger partial charge is 0.351 e. The normalized spacial score (nSPS) is 11.0. The van der Waals surface area contributed by atoms with Crippen LogP contribution in [0.2, 0.25) is 0 Å². The quantitative estimate of drug-likeness (QED) is 0.887. The van der Waals surface area contributed by atoms with Crippen LogP contribution in [-0.2, 0) is 6.54 Å². The zero-order chi connectivity index (χ0) is 11.5. The van der Waals surface area contributed by atoms with Gasteiger partial charge in [0, 0.05) is 23.3 Å². The molecule has 0 saturated heterocycles. The Morgan fingerprint density at radius 2 is 2.31 bits per heavy atom. The van der Waals surface area contributed by atoms with Gasteiger partial charge in [0.25, 0.3) is 0 Å². The molecule has 0 radical (unpaired) electrons. The molecule has 2 rings (SSSR count). The molecule has 2 aromatic rings. The Hall–Kier alpha value is -1.36. The Morgan fingerprint density at radius 3 is 2.94 bits per heavy atom. The second kappa shape index (κ2) is 4.65. The number of imidazole rings is 1. The van der Waals surface area contributed by atoms with E-state index in [9.17, 15) is 0 Å². The van der Waals surface area contributed by atoms with E-state index in [4.69, 9.17) is 0 Å². The maximum absolute atomic E-state index is 4.47. The molecule has 16 heavy (non-hydrogen) atoms. The van der Waals surface area contributed by atoms with Crippen molar-refractivity contribution in [3.05, 3.63) is 28.5 Å². The van der Waals surface area contributed by atoms with Crippen LogP contribution < -0.4 is 5.32 Å². The van der Waals surface area contributed by atoms with Gasteiger partial charge in [0.15, 0.2) is 0 Å². The van der Waals surface area contributed by atoms with Crippen LogP contribution in [0.1, 0.15) is 30.5 Å². The highest BCUT2D eigenvalue weighted by Crippen LogP contribution is 2.16. The molecule has 2 heterocycles. The average molecular weight is 236 g/mol. The zero-order valence-electron chi connectivity index (χ0n) is 9.77. The van der Waals surface area contributed by atoms with Crippen molar-refractivity contribution in [3.63, 3.8) is 0 Å². The third kappa shape index (κ3) is 2.41. The number of thiazole rings is 1. The molecule has 0 aliphatic carbocycles. The summed E-state index contributed by atoms with van der Waals surface area (Å²) in [6, 6.07) is 0.421. The number of nitrogens with zero attached hydrogens (tertiary/aromatic N) is 3. The molecular formula is C11H16N4S. The molecule has 0 aliphatic heterocycles. The molecule has 86 valence electrons. The molecule has 2 aromatic heterocycles. The van der Waals surface area contributed by atoms with E-state index >= 15 is 0 Å². The van der Waals surface area contributed by atoms with Gasteiger partial charge in [0.05, 0.1) is 17.7 Å². The van der Waals surface area contributed by atoms with Crippen LogP contribution >= 0.6 is 11.3 Å². The predicted octanol–water partition coefficient (Wildman–Crippen LogP) is 2.84. The van der Waals surface area contributed by atoms with Crippen LogP contribution in [0.5, 0.6) is 0 Å². The monoisotopic (exact) mass is 236 g/mol. The van der Waals surface area contributed by atoms with Gasteiger partial charge in [-0.15, -0.1) is 11.3 Å². The lowest BCUT2D eigenvalue weighted by molar-refractivity contribution is 0.604. The zero-order valence-corrected chi connectivity index (χ0v) is 10.6. The summed E-state index contributed by atoms with van der Waals surface area (Å²) >= 11 is 1.65. The molecule has 0 spiro atoms. The maximum Gasteiger partial charge on any atom is 0.203 e. The SMILES string of the molecule is Cc1cn(C(C)C)c(NCc2cncs2)n1. The summed E-state index contributed by atoms with van der Waals surface area (Å²) in [4.78, 5) is 9.73. The molecule has 0 atom stereocenters. The molecule has 0 saturated carbocycles. The van der Waals surface area contributed by atoms with E-state index in [1.807, 2.05) is 18.6 Å². The van der Waals surface area contributed by atoms with Crippen molar-refractivity contribution in [2.75, 3.05) is 5.32 Å². The topological polar surface area (TPSA) is 42.7 Å². The highest BCUT2D eigenvalue weighted by Gasteiger charge is 2.07. The maximum atomic E-state index is 4.47. The number of hydrogen-bond acceptors (Lipinski definition) is 4. The van der Waals surface area contributed by atoms with Gasteiger partial charge in [-0.2, -0.15) is 0 Å². The Bertz CT molecular complexity index is 445. The van der Waals surface area contributed by atoms with Crippen LogP contribution in [0.25, 0.3) is 0 Å². The van der Waals surface area contributed by atoms with Crippen molar-refractivity contribution >= 4 is 17.3 Å². The molecule has 0 aromatic carbocycles. The molecule has 0 aliphatic rings. The molecule has 4 nitrogen and oxygen atoms in total. The van der Waals surface area contributed by atoms with Crippen LogP contribution in [0.4, 0.5) is 5.95 Å². The summed E-state index contributed by atoms with van der Waals surface area (Å²) in [5.74, 6) is 0.931. The minimum absolute atomic E-state index is 0.421. The summed E-state index contributed by atoms with van der Waals surface area (Å²) in [6.45, 7) is 7.10. The summed E-state index contributed by atoms with van der Waals surface area (Å²) < 4.78 is 2.15. The Balaban J connectivity index is 2.09. The fraction of sp³-hybridized carbons (Fsp3) is 0.455. The molecule has 0 bridgehead atoms. The highest BCUT2D eigenvalue weighted by atomic mass is 32.1. The predicted molar refractivity (Wildman–Crippen MR) is 66.8 cm³/mol. The molecule has 0 unspecified atom stereocenters. The fourth-order valence-corrected chi connectivity index (χ4v) is 2.07. The van der Waals surface area contributed by atoms with Crippen LogP contribution in [-0.4, -0.2) is 14.5 Å². The van der Waals surface area contributed by atoms with E-state index in [1.165, 1.54) is 4.88 Å². The third-order valence-electron chi connectivity index (χ3n) is 2.31. The molecule has 0 amide bonds. The van der Waals surface area contributed by atoms with Crippen LogP contribution in [0.15, 0.2) is 17.9 Å². The van der Waals surface area contributed by atoms with Crippen molar-refractivity contribution in [2.45, 2.75) is 33.4 Å². The summed E-state index contributed by atoms with van der Waals surface area (Å²) in [5, 5.41) is 3.34. The van der Waals surface area contributed by atoms with Crippen LogP contribution in [0.3, 0.4) is 0 Å². The first kappa shape index (κ1) is 11.1.